The Morgan fingerprint density at radius 1 is 0.966 bits per heavy atom. The Labute approximate surface area is 170 Å². The fourth-order valence-electron chi connectivity index (χ4n) is 2.87. The van der Waals surface area contributed by atoms with Crippen LogP contribution in [0, 0.1) is 6.92 Å². The highest BCUT2D eigenvalue weighted by Crippen LogP contribution is 2.30. The van der Waals surface area contributed by atoms with Gasteiger partial charge in [0.25, 0.3) is 5.91 Å². The molecule has 150 valence electrons. The van der Waals surface area contributed by atoms with Gasteiger partial charge >= 0.3 is 0 Å². The summed E-state index contributed by atoms with van der Waals surface area (Å²) in [6.07, 6.45) is 0.757. The molecule has 0 aliphatic rings. The number of carbonyl (C=O) groups is 1. The number of benzene rings is 2. The van der Waals surface area contributed by atoms with Crippen LogP contribution in [-0.4, -0.2) is 36.6 Å². The lowest BCUT2D eigenvalue weighted by Crippen LogP contribution is -2.27. The summed E-state index contributed by atoms with van der Waals surface area (Å²) < 4.78 is 10.6. The quantitative estimate of drug-likeness (QED) is 0.610. The third kappa shape index (κ3) is 5.44. The van der Waals surface area contributed by atoms with E-state index in [0.29, 0.717) is 35.4 Å². The predicted octanol–water partition coefficient (Wildman–Crippen LogP) is 3.52. The number of hydrogen-bond donors (Lipinski definition) is 2. The van der Waals surface area contributed by atoms with Crippen molar-refractivity contribution in [1.82, 2.24) is 15.3 Å². The summed E-state index contributed by atoms with van der Waals surface area (Å²) in [5.41, 5.74) is 2.24. The van der Waals surface area contributed by atoms with Gasteiger partial charge in [-0.15, -0.1) is 0 Å². The molecule has 7 heteroatoms. The number of amides is 1. The molecule has 3 rings (SSSR count). The van der Waals surface area contributed by atoms with Crippen molar-refractivity contribution in [3.05, 3.63) is 71.7 Å². The average molecular weight is 392 g/mol. The first-order valence-electron chi connectivity index (χ1n) is 9.26. The molecule has 2 aromatic carbocycles. The van der Waals surface area contributed by atoms with Crippen molar-refractivity contribution in [1.29, 1.82) is 0 Å². The second-order valence-corrected chi connectivity index (χ2v) is 6.37. The van der Waals surface area contributed by atoms with Gasteiger partial charge in [0.15, 0.2) is 11.5 Å². The van der Waals surface area contributed by atoms with Crippen molar-refractivity contribution in [2.75, 3.05) is 26.1 Å². The third-order valence-electron chi connectivity index (χ3n) is 4.27. The minimum atomic E-state index is -0.234. The van der Waals surface area contributed by atoms with Gasteiger partial charge in [-0.2, -0.15) is 0 Å². The Morgan fingerprint density at radius 2 is 1.72 bits per heavy atom. The molecule has 7 nitrogen and oxygen atoms in total. The molecule has 0 radical (unpaired) electrons. The lowest BCUT2D eigenvalue weighted by molar-refractivity contribution is 0.0949. The first-order valence-corrected chi connectivity index (χ1v) is 9.26. The molecule has 0 saturated heterocycles. The highest BCUT2D eigenvalue weighted by molar-refractivity contribution is 5.93. The van der Waals surface area contributed by atoms with Crippen molar-refractivity contribution < 1.29 is 14.3 Å². The summed E-state index contributed by atoms with van der Waals surface area (Å²) in [5.74, 6) is 2.03. The molecule has 3 aromatic rings. The van der Waals surface area contributed by atoms with Gasteiger partial charge < -0.3 is 20.1 Å². The van der Waals surface area contributed by atoms with Gasteiger partial charge in [0.05, 0.1) is 14.2 Å². The molecule has 0 aliphatic heterocycles. The number of methoxy groups -OCH3 is 2. The Kier molecular flexibility index (Phi) is 6.63. The number of ether oxygens (including phenoxy) is 2. The second-order valence-electron chi connectivity index (χ2n) is 6.37. The van der Waals surface area contributed by atoms with Crippen LogP contribution in [0.1, 0.15) is 21.9 Å². The topological polar surface area (TPSA) is 85.4 Å². The molecular weight excluding hydrogens is 368 g/mol. The number of anilines is 2. The number of nitrogens with one attached hydrogen (secondary N) is 2. The highest BCUT2D eigenvalue weighted by atomic mass is 16.5. The molecule has 0 spiro atoms. The van der Waals surface area contributed by atoms with E-state index in [9.17, 15) is 4.79 Å². The number of nitrogens with zero attached hydrogens (tertiary/aromatic N) is 2. The smallest absolute Gasteiger partial charge is 0.270 e. The van der Waals surface area contributed by atoms with Gasteiger partial charge in [0.1, 0.15) is 17.3 Å². The molecule has 0 fully saturated rings. The molecule has 0 aliphatic carbocycles. The van der Waals surface area contributed by atoms with Crippen LogP contribution in [-0.2, 0) is 6.42 Å². The van der Waals surface area contributed by atoms with E-state index in [4.69, 9.17) is 9.47 Å². The number of hydrogen-bond acceptors (Lipinski definition) is 6. The molecule has 0 atom stereocenters. The zero-order valence-electron chi connectivity index (χ0n) is 16.7. The Hall–Kier alpha value is -3.61. The van der Waals surface area contributed by atoms with Crippen LogP contribution < -0.4 is 20.1 Å². The van der Waals surface area contributed by atoms with Crippen LogP contribution in [0.15, 0.2) is 54.6 Å². The van der Waals surface area contributed by atoms with Gasteiger partial charge in [-0.25, -0.2) is 9.97 Å². The molecule has 0 bridgehead atoms. The van der Waals surface area contributed by atoms with E-state index in [1.54, 1.807) is 39.3 Å². The van der Waals surface area contributed by atoms with E-state index in [0.717, 1.165) is 12.1 Å². The Morgan fingerprint density at radius 3 is 2.45 bits per heavy atom. The monoisotopic (exact) mass is 392 g/mol. The highest BCUT2D eigenvalue weighted by Gasteiger charge is 2.11. The van der Waals surface area contributed by atoms with Crippen molar-refractivity contribution in [3.63, 3.8) is 0 Å². The summed E-state index contributed by atoms with van der Waals surface area (Å²) in [5, 5.41) is 6.09. The molecule has 1 amide bonds. The first kappa shape index (κ1) is 20.1. The maximum atomic E-state index is 12.5. The summed E-state index contributed by atoms with van der Waals surface area (Å²) in [7, 11) is 3.16. The Bertz CT molecular complexity index is 977. The molecule has 1 heterocycles. The summed E-state index contributed by atoms with van der Waals surface area (Å²) in [4.78, 5) is 21.1. The van der Waals surface area contributed by atoms with E-state index in [2.05, 4.69) is 20.6 Å². The zero-order valence-corrected chi connectivity index (χ0v) is 16.7. The zero-order chi connectivity index (χ0) is 20.6. The maximum Gasteiger partial charge on any atom is 0.270 e. The largest absolute Gasteiger partial charge is 0.493 e. The SMILES string of the molecule is COc1ccc(Nc2cc(C(=O)NCCc3ccccc3)nc(C)n2)cc1OC. The van der Waals surface area contributed by atoms with Gasteiger partial charge in [0, 0.05) is 24.4 Å². The van der Waals surface area contributed by atoms with E-state index in [1.807, 2.05) is 36.4 Å². The molecular formula is C22H24N4O3. The van der Waals surface area contributed by atoms with Gasteiger partial charge in [0.2, 0.25) is 0 Å². The lowest BCUT2D eigenvalue weighted by Gasteiger charge is -2.12. The minimum Gasteiger partial charge on any atom is -0.493 e. The number of aryl methyl sites for hydroxylation is 1. The maximum absolute atomic E-state index is 12.5. The van der Waals surface area contributed by atoms with E-state index >= 15 is 0 Å². The summed E-state index contributed by atoms with van der Waals surface area (Å²) in [6.45, 7) is 2.28. The average Bonchev–Trinajstić information content (AvgIpc) is 2.74. The van der Waals surface area contributed by atoms with Crippen molar-refractivity contribution in [3.8, 4) is 11.5 Å². The normalized spacial score (nSPS) is 10.3. The van der Waals surface area contributed by atoms with E-state index in [-0.39, 0.29) is 5.91 Å². The molecule has 0 unspecified atom stereocenters. The fourth-order valence-corrected chi connectivity index (χ4v) is 2.87. The Balaban J connectivity index is 1.68. The van der Waals surface area contributed by atoms with Crippen LogP contribution in [0.2, 0.25) is 0 Å². The van der Waals surface area contributed by atoms with Crippen LogP contribution in [0.5, 0.6) is 11.5 Å². The van der Waals surface area contributed by atoms with Crippen LogP contribution in [0.4, 0.5) is 11.5 Å². The van der Waals surface area contributed by atoms with Crippen LogP contribution in [0.3, 0.4) is 0 Å². The standard InChI is InChI=1S/C22H24N4O3/c1-15-24-18(22(27)23-12-11-16-7-5-4-6-8-16)14-21(25-15)26-17-9-10-19(28-2)20(13-17)29-3/h4-10,13-14H,11-12H2,1-3H3,(H,23,27)(H,24,25,26). The van der Waals surface area contributed by atoms with E-state index in [1.165, 1.54) is 5.56 Å². The van der Waals surface area contributed by atoms with Crippen LogP contribution in [0.25, 0.3) is 0 Å². The molecule has 2 N–H and O–H groups in total. The molecule has 29 heavy (non-hydrogen) atoms. The summed E-state index contributed by atoms with van der Waals surface area (Å²) >= 11 is 0. The predicted molar refractivity (Wildman–Crippen MR) is 112 cm³/mol. The van der Waals surface area contributed by atoms with Gasteiger partial charge in [-0.3, -0.25) is 4.79 Å². The number of carbonyl (C=O) groups excluding carboxylic acids is 1. The lowest BCUT2D eigenvalue weighted by atomic mass is 10.1. The minimum absolute atomic E-state index is 0.234. The first-order chi connectivity index (χ1) is 14.1. The van der Waals surface area contributed by atoms with Gasteiger partial charge in [-0.05, 0) is 31.0 Å². The number of rotatable bonds is 8. The molecule has 1 aromatic heterocycles. The van der Waals surface area contributed by atoms with Crippen molar-refractivity contribution in [2.45, 2.75) is 13.3 Å². The van der Waals surface area contributed by atoms with Crippen LogP contribution >= 0.6 is 0 Å². The van der Waals surface area contributed by atoms with Crippen molar-refractivity contribution in [2.24, 2.45) is 0 Å². The van der Waals surface area contributed by atoms with Gasteiger partial charge in [-0.1, -0.05) is 30.3 Å². The van der Waals surface area contributed by atoms with E-state index < -0.39 is 0 Å². The molecule has 0 saturated carbocycles. The second kappa shape index (κ2) is 9.54. The number of aromatic nitrogens is 2. The van der Waals surface area contributed by atoms with Crippen molar-refractivity contribution >= 4 is 17.4 Å². The fraction of sp³-hybridized carbons (Fsp3) is 0.227. The third-order valence-corrected chi connectivity index (χ3v) is 4.27. The summed E-state index contributed by atoms with van der Waals surface area (Å²) in [6, 6.07) is 17.1.